The van der Waals surface area contributed by atoms with E-state index in [0.717, 1.165) is 36.0 Å². The summed E-state index contributed by atoms with van der Waals surface area (Å²) in [7, 11) is 0. The minimum Gasteiger partial charge on any atom is -0.396 e. The van der Waals surface area contributed by atoms with Gasteiger partial charge < -0.3 is 15.0 Å². The molecular weight excluding hydrogens is 332 g/mol. The number of H-pyrrole nitrogens is 1. The average Bonchev–Trinajstić information content (AvgIpc) is 3.24. The van der Waals surface area contributed by atoms with Crippen molar-refractivity contribution in [3.63, 3.8) is 0 Å². The fourth-order valence-electron chi connectivity index (χ4n) is 3.87. The van der Waals surface area contributed by atoms with Gasteiger partial charge in [0.1, 0.15) is 10.5 Å². The van der Waals surface area contributed by atoms with Gasteiger partial charge in [-0.2, -0.15) is 0 Å². The Kier molecular flexibility index (Phi) is 4.36. The molecule has 1 atom stereocenters. The van der Waals surface area contributed by atoms with E-state index < -0.39 is 0 Å². The molecule has 2 N–H and O–H groups in total. The highest BCUT2D eigenvalue weighted by molar-refractivity contribution is 7.16. The van der Waals surface area contributed by atoms with Crippen LogP contribution in [0.1, 0.15) is 28.9 Å². The number of fused-ring (bicyclic) bond motifs is 1. The van der Waals surface area contributed by atoms with Crippen LogP contribution in [0.2, 0.25) is 0 Å². The molecule has 2 aromatic heterocycles. The largest absolute Gasteiger partial charge is 0.396 e. The predicted octanol–water partition coefficient (Wildman–Crippen LogP) is 3.69. The monoisotopic (exact) mass is 354 g/mol. The normalized spacial score (nSPS) is 20.9. The van der Waals surface area contributed by atoms with Gasteiger partial charge in [-0.3, -0.25) is 4.79 Å². The lowest BCUT2D eigenvalue weighted by Crippen LogP contribution is -2.49. The Labute approximate surface area is 151 Å². The molecule has 0 radical (unpaired) electrons. The van der Waals surface area contributed by atoms with Crippen molar-refractivity contribution in [2.45, 2.75) is 19.3 Å². The summed E-state index contributed by atoms with van der Waals surface area (Å²) in [6, 6.07) is 14.2. The number of likely N-dealkylation sites (tertiary alicyclic amines) is 1. The van der Waals surface area contributed by atoms with E-state index in [1.165, 1.54) is 5.56 Å². The van der Waals surface area contributed by atoms with E-state index in [1.807, 2.05) is 40.6 Å². The second-order valence-corrected chi connectivity index (χ2v) is 7.95. The Morgan fingerprint density at radius 1 is 1.28 bits per heavy atom. The van der Waals surface area contributed by atoms with Crippen LogP contribution in [0, 0.1) is 5.41 Å². The Morgan fingerprint density at radius 2 is 2.12 bits per heavy atom. The summed E-state index contributed by atoms with van der Waals surface area (Å²) in [6.45, 7) is 1.46. The van der Waals surface area contributed by atoms with Crippen molar-refractivity contribution in [3.05, 3.63) is 59.1 Å². The van der Waals surface area contributed by atoms with Crippen molar-refractivity contribution in [2.75, 3.05) is 19.7 Å². The Balaban J connectivity index is 1.54. The highest BCUT2D eigenvalue weighted by Crippen LogP contribution is 2.34. The minimum absolute atomic E-state index is 0.0361. The van der Waals surface area contributed by atoms with Gasteiger partial charge in [-0.1, -0.05) is 30.3 Å². The molecule has 1 aliphatic rings. The standard InChI is InChI=1S/C20H22N2O2S/c23-14-20(12-15-5-2-1-3-6-15)8-4-9-22(13-20)19(24)17-11-16-7-10-25-18(16)21-17/h1-3,5-7,10-11,21,23H,4,8-9,12-14H2. The molecule has 1 amide bonds. The Bertz CT molecular complexity index is 842. The van der Waals surface area contributed by atoms with Crippen LogP contribution in [-0.2, 0) is 6.42 Å². The molecule has 0 aliphatic carbocycles. The predicted molar refractivity (Wildman–Crippen MR) is 101 cm³/mol. The fraction of sp³-hybridized carbons (Fsp3) is 0.350. The van der Waals surface area contributed by atoms with Gasteiger partial charge in [0.15, 0.2) is 0 Å². The van der Waals surface area contributed by atoms with Gasteiger partial charge in [0.25, 0.3) is 5.91 Å². The number of thiophene rings is 1. The summed E-state index contributed by atoms with van der Waals surface area (Å²) in [4.78, 5) is 19.1. The highest BCUT2D eigenvalue weighted by Gasteiger charge is 2.37. The number of hydrogen-bond donors (Lipinski definition) is 2. The number of piperidine rings is 1. The molecule has 25 heavy (non-hydrogen) atoms. The number of aromatic nitrogens is 1. The van der Waals surface area contributed by atoms with Crippen molar-refractivity contribution in [1.82, 2.24) is 9.88 Å². The van der Waals surface area contributed by atoms with E-state index in [1.54, 1.807) is 11.3 Å². The minimum atomic E-state index is -0.251. The lowest BCUT2D eigenvalue weighted by molar-refractivity contribution is 0.0268. The third-order valence-corrected chi connectivity index (χ3v) is 6.03. The quantitative estimate of drug-likeness (QED) is 0.751. The average molecular weight is 354 g/mol. The van der Waals surface area contributed by atoms with Crippen LogP contribution in [0.15, 0.2) is 47.8 Å². The molecular formula is C20H22N2O2S. The maximum atomic E-state index is 12.9. The molecule has 0 bridgehead atoms. The van der Waals surface area contributed by atoms with Crippen LogP contribution >= 0.6 is 11.3 Å². The highest BCUT2D eigenvalue weighted by atomic mass is 32.1. The third kappa shape index (κ3) is 3.22. The lowest BCUT2D eigenvalue weighted by atomic mass is 9.75. The first-order valence-corrected chi connectivity index (χ1v) is 9.57. The summed E-state index contributed by atoms with van der Waals surface area (Å²) in [5, 5.41) is 13.2. The van der Waals surface area contributed by atoms with Crippen LogP contribution in [0.4, 0.5) is 0 Å². The van der Waals surface area contributed by atoms with E-state index in [4.69, 9.17) is 0 Å². The van der Waals surface area contributed by atoms with Gasteiger partial charge in [-0.15, -0.1) is 11.3 Å². The lowest BCUT2D eigenvalue weighted by Gasteiger charge is -2.42. The van der Waals surface area contributed by atoms with Crippen molar-refractivity contribution >= 4 is 27.5 Å². The first-order chi connectivity index (χ1) is 12.2. The molecule has 1 saturated heterocycles. The second kappa shape index (κ2) is 6.65. The zero-order valence-corrected chi connectivity index (χ0v) is 14.9. The van der Waals surface area contributed by atoms with Crippen LogP contribution in [-0.4, -0.2) is 40.6 Å². The number of benzene rings is 1. The maximum absolute atomic E-state index is 12.9. The smallest absolute Gasteiger partial charge is 0.270 e. The van der Waals surface area contributed by atoms with Gasteiger partial charge in [-0.25, -0.2) is 0 Å². The first kappa shape index (κ1) is 16.4. The van der Waals surface area contributed by atoms with E-state index in [0.29, 0.717) is 12.2 Å². The SMILES string of the molecule is O=C(c1cc2ccsc2[nH]1)N1CCCC(CO)(Cc2ccccc2)C1. The molecule has 3 aromatic rings. The van der Waals surface area contributed by atoms with Gasteiger partial charge in [0.05, 0.1) is 6.61 Å². The number of hydrogen-bond acceptors (Lipinski definition) is 3. The number of carbonyl (C=O) groups excluding carboxylic acids is 1. The third-order valence-electron chi connectivity index (χ3n) is 5.18. The van der Waals surface area contributed by atoms with Crippen LogP contribution < -0.4 is 0 Å². The van der Waals surface area contributed by atoms with Crippen LogP contribution in [0.5, 0.6) is 0 Å². The van der Waals surface area contributed by atoms with Crippen molar-refractivity contribution in [3.8, 4) is 0 Å². The summed E-state index contributed by atoms with van der Waals surface area (Å²) < 4.78 is 0. The molecule has 0 saturated carbocycles. The van der Waals surface area contributed by atoms with E-state index in [-0.39, 0.29) is 17.9 Å². The van der Waals surface area contributed by atoms with E-state index in [2.05, 4.69) is 17.1 Å². The number of rotatable bonds is 4. The summed E-state index contributed by atoms with van der Waals surface area (Å²) >= 11 is 1.61. The molecule has 0 spiro atoms. The molecule has 1 aliphatic heterocycles. The van der Waals surface area contributed by atoms with Crippen LogP contribution in [0.3, 0.4) is 0 Å². The van der Waals surface area contributed by atoms with E-state index in [9.17, 15) is 9.90 Å². The summed E-state index contributed by atoms with van der Waals surface area (Å²) in [6.07, 6.45) is 2.67. The molecule has 4 nitrogen and oxygen atoms in total. The summed E-state index contributed by atoms with van der Waals surface area (Å²) in [5.41, 5.74) is 1.61. The molecule has 130 valence electrons. The number of aliphatic hydroxyl groups excluding tert-OH is 1. The van der Waals surface area contributed by atoms with Gasteiger partial charge in [0, 0.05) is 23.9 Å². The fourth-order valence-corrected chi connectivity index (χ4v) is 4.66. The number of nitrogens with zero attached hydrogens (tertiary/aromatic N) is 1. The van der Waals surface area contributed by atoms with Crippen LogP contribution in [0.25, 0.3) is 10.2 Å². The number of carbonyl (C=O) groups is 1. The topological polar surface area (TPSA) is 56.3 Å². The Hall–Kier alpha value is -2.11. The number of nitrogens with one attached hydrogen (secondary N) is 1. The zero-order chi connectivity index (χ0) is 17.3. The second-order valence-electron chi connectivity index (χ2n) is 7.04. The van der Waals surface area contributed by atoms with Gasteiger partial charge >= 0.3 is 0 Å². The van der Waals surface area contributed by atoms with Crippen molar-refractivity contribution in [2.24, 2.45) is 5.41 Å². The molecule has 3 heterocycles. The maximum Gasteiger partial charge on any atom is 0.270 e. The first-order valence-electron chi connectivity index (χ1n) is 8.69. The molecule has 1 aromatic carbocycles. The van der Waals surface area contributed by atoms with Crippen molar-refractivity contribution in [1.29, 1.82) is 0 Å². The molecule has 1 unspecified atom stereocenters. The van der Waals surface area contributed by atoms with E-state index >= 15 is 0 Å². The zero-order valence-electron chi connectivity index (χ0n) is 14.1. The number of amides is 1. The molecule has 4 rings (SSSR count). The summed E-state index contributed by atoms with van der Waals surface area (Å²) in [5.74, 6) is 0.0361. The van der Waals surface area contributed by atoms with Gasteiger partial charge in [-0.05, 0) is 42.3 Å². The number of aromatic amines is 1. The number of aliphatic hydroxyl groups is 1. The molecule has 5 heteroatoms. The molecule has 1 fully saturated rings. The Morgan fingerprint density at radius 3 is 2.88 bits per heavy atom. The van der Waals surface area contributed by atoms with Crippen molar-refractivity contribution < 1.29 is 9.90 Å². The van der Waals surface area contributed by atoms with Gasteiger partial charge in [0.2, 0.25) is 0 Å².